The van der Waals surface area contributed by atoms with Crippen molar-refractivity contribution in [3.63, 3.8) is 0 Å². The molecule has 0 saturated carbocycles. The van der Waals surface area contributed by atoms with Gasteiger partial charge in [0.1, 0.15) is 0 Å². The van der Waals surface area contributed by atoms with Crippen molar-refractivity contribution in [2.24, 2.45) is 0 Å². The van der Waals surface area contributed by atoms with Crippen molar-refractivity contribution in [1.29, 1.82) is 0 Å². The summed E-state index contributed by atoms with van der Waals surface area (Å²) in [4.78, 5) is 15.1. The zero-order valence-corrected chi connectivity index (χ0v) is 13.4. The van der Waals surface area contributed by atoms with Crippen molar-refractivity contribution >= 4 is 20.9 Å². The molecule has 0 spiro atoms. The topological polar surface area (TPSA) is 79.0 Å². The van der Waals surface area contributed by atoms with Crippen LogP contribution in [-0.2, 0) is 16.6 Å². The van der Waals surface area contributed by atoms with Gasteiger partial charge in [-0.1, -0.05) is 30.3 Å². The Labute approximate surface area is 134 Å². The minimum Gasteiger partial charge on any atom is -0.322 e. The van der Waals surface area contributed by atoms with Crippen LogP contribution in [0.5, 0.6) is 0 Å². The van der Waals surface area contributed by atoms with E-state index in [2.05, 4.69) is 9.71 Å². The van der Waals surface area contributed by atoms with Gasteiger partial charge in [0.15, 0.2) is 0 Å². The first-order valence-corrected chi connectivity index (χ1v) is 8.61. The highest BCUT2D eigenvalue weighted by molar-refractivity contribution is 7.89. The van der Waals surface area contributed by atoms with E-state index in [0.717, 1.165) is 16.5 Å². The molecule has 3 aromatic rings. The molecule has 5 nitrogen and oxygen atoms in total. The number of hydrogen-bond donors (Lipinski definition) is 2. The number of H-pyrrole nitrogens is 1. The minimum absolute atomic E-state index is 0.0591. The van der Waals surface area contributed by atoms with Gasteiger partial charge in [-0.2, -0.15) is 0 Å². The van der Waals surface area contributed by atoms with Crippen molar-refractivity contribution in [3.8, 4) is 0 Å². The summed E-state index contributed by atoms with van der Waals surface area (Å²) in [5.74, 6) is 0. The maximum absolute atomic E-state index is 12.2. The third kappa shape index (κ3) is 3.33. The first kappa shape index (κ1) is 15.5. The fourth-order valence-corrected chi connectivity index (χ4v) is 3.37. The van der Waals surface area contributed by atoms with E-state index in [1.807, 2.05) is 25.1 Å². The Morgan fingerprint density at radius 2 is 1.78 bits per heavy atom. The summed E-state index contributed by atoms with van der Waals surface area (Å²) >= 11 is 0. The first-order valence-electron chi connectivity index (χ1n) is 7.13. The summed E-state index contributed by atoms with van der Waals surface area (Å²) in [7, 11) is -3.64. The zero-order chi connectivity index (χ0) is 16.4. The van der Waals surface area contributed by atoms with Crippen LogP contribution in [0.1, 0.15) is 11.1 Å². The Bertz CT molecular complexity index is 1010. The number of aromatic amines is 1. The number of aryl methyl sites for hydroxylation is 1. The third-order valence-electron chi connectivity index (χ3n) is 3.58. The van der Waals surface area contributed by atoms with Crippen LogP contribution in [0.4, 0.5) is 0 Å². The molecule has 0 aliphatic carbocycles. The predicted molar refractivity (Wildman–Crippen MR) is 89.8 cm³/mol. The summed E-state index contributed by atoms with van der Waals surface area (Å²) in [6.45, 7) is 1.88. The molecule has 0 saturated heterocycles. The Balaban J connectivity index is 1.89. The zero-order valence-electron chi connectivity index (χ0n) is 12.5. The summed E-state index contributed by atoms with van der Waals surface area (Å²) < 4.78 is 26.9. The Hall–Kier alpha value is -2.44. The molecule has 0 bridgehead atoms. The second kappa shape index (κ2) is 5.98. The number of sulfonamides is 1. The van der Waals surface area contributed by atoms with Crippen LogP contribution in [0.3, 0.4) is 0 Å². The molecular formula is C17H16N2O3S. The molecular weight excluding hydrogens is 312 g/mol. The lowest BCUT2D eigenvalue weighted by molar-refractivity contribution is 0.581. The highest BCUT2D eigenvalue weighted by atomic mass is 32.2. The molecule has 6 heteroatoms. The van der Waals surface area contributed by atoms with E-state index >= 15 is 0 Å². The van der Waals surface area contributed by atoms with Gasteiger partial charge in [0.05, 0.1) is 4.90 Å². The number of aromatic nitrogens is 1. The molecule has 0 aliphatic rings. The van der Waals surface area contributed by atoms with Gasteiger partial charge in [-0.15, -0.1) is 0 Å². The van der Waals surface area contributed by atoms with Crippen molar-refractivity contribution in [1.82, 2.24) is 9.71 Å². The Kier molecular flexibility index (Phi) is 4.02. The molecule has 3 rings (SSSR count). The number of benzene rings is 2. The van der Waals surface area contributed by atoms with Crippen LogP contribution in [0, 0.1) is 6.92 Å². The molecule has 0 fully saturated rings. The Morgan fingerprint density at radius 1 is 1.04 bits per heavy atom. The molecule has 23 heavy (non-hydrogen) atoms. The molecule has 0 amide bonds. The molecule has 1 heterocycles. The summed E-state index contributed by atoms with van der Waals surface area (Å²) in [6, 6.07) is 15.5. The Morgan fingerprint density at radius 3 is 2.52 bits per heavy atom. The first-order chi connectivity index (χ1) is 11.0. The van der Waals surface area contributed by atoms with Gasteiger partial charge in [0, 0.05) is 17.6 Å². The fraction of sp³-hybridized carbons (Fsp3) is 0.118. The van der Waals surface area contributed by atoms with Crippen LogP contribution in [0.25, 0.3) is 10.9 Å². The lowest BCUT2D eigenvalue weighted by atomic mass is 10.1. The van der Waals surface area contributed by atoms with E-state index in [-0.39, 0.29) is 17.0 Å². The lowest BCUT2D eigenvalue weighted by Crippen LogP contribution is -2.26. The van der Waals surface area contributed by atoms with E-state index in [1.165, 1.54) is 12.1 Å². The molecule has 2 aromatic carbocycles. The van der Waals surface area contributed by atoms with Gasteiger partial charge in [0.2, 0.25) is 10.0 Å². The van der Waals surface area contributed by atoms with E-state index in [4.69, 9.17) is 0 Å². The monoisotopic (exact) mass is 328 g/mol. The highest BCUT2D eigenvalue weighted by Gasteiger charge is 2.14. The van der Waals surface area contributed by atoms with Crippen molar-refractivity contribution in [2.75, 3.05) is 0 Å². The number of rotatable bonds is 4. The van der Waals surface area contributed by atoms with E-state index in [0.29, 0.717) is 5.56 Å². The van der Waals surface area contributed by atoms with Gasteiger partial charge in [-0.3, -0.25) is 4.79 Å². The van der Waals surface area contributed by atoms with E-state index < -0.39 is 10.0 Å². The maximum atomic E-state index is 12.2. The summed E-state index contributed by atoms with van der Waals surface area (Å²) in [5, 5.41) is 0.865. The van der Waals surface area contributed by atoms with Crippen LogP contribution < -0.4 is 10.3 Å². The summed E-state index contributed by atoms with van der Waals surface area (Å²) in [5.41, 5.74) is 1.87. The van der Waals surface area contributed by atoms with Crippen LogP contribution >= 0.6 is 0 Å². The number of pyridine rings is 1. The molecule has 118 valence electrons. The second-order valence-electron chi connectivity index (χ2n) is 5.35. The molecule has 2 N–H and O–H groups in total. The minimum atomic E-state index is -3.64. The largest absolute Gasteiger partial charge is 0.322 e. The second-order valence-corrected chi connectivity index (χ2v) is 7.12. The molecule has 0 radical (unpaired) electrons. The quantitative estimate of drug-likeness (QED) is 0.771. The normalized spacial score (nSPS) is 11.7. The van der Waals surface area contributed by atoms with Crippen LogP contribution in [0.2, 0.25) is 0 Å². The fourth-order valence-electron chi connectivity index (χ4n) is 2.35. The van der Waals surface area contributed by atoms with Crippen LogP contribution in [-0.4, -0.2) is 13.4 Å². The van der Waals surface area contributed by atoms with Crippen molar-refractivity contribution in [3.05, 3.63) is 76.1 Å². The summed E-state index contributed by atoms with van der Waals surface area (Å²) in [6.07, 6.45) is 0. The van der Waals surface area contributed by atoms with E-state index in [1.54, 1.807) is 24.3 Å². The number of nitrogens with one attached hydrogen (secondary N) is 2. The smallest absolute Gasteiger partial charge is 0.252 e. The van der Waals surface area contributed by atoms with Crippen molar-refractivity contribution < 1.29 is 8.42 Å². The highest BCUT2D eigenvalue weighted by Crippen LogP contribution is 2.13. The third-order valence-corrected chi connectivity index (χ3v) is 5.00. The van der Waals surface area contributed by atoms with Gasteiger partial charge >= 0.3 is 0 Å². The van der Waals surface area contributed by atoms with Gasteiger partial charge in [-0.25, -0.2) is 13.1 Å². The van der Waals surface area contributed by atoms with E-state index in [9.17, 15) is 13.2 Å². The van der Waals surface area contributed by atoms with Crippen molar-refractivity contribution in [2.45, 2.75) is 18.4 Å². The van der Waals surface area contributed by atoms with Gasteiger partial charge in [-0.05, 0) is 42.1 Å². The standard InChI is InChI=1S/C17H16N2O3S/c1-12-7-8-13-10-14(17(20)19-16(13)9-12)11-18-23(21,22)15-5-3-2-4-6-15/h2-10,18H,11H2,1H3,(H,19,20). The molecule has 0 atom stereocenters. The van der Waals surface area contributed by atoms with Gasteiger partial charge in [0.25, 0.3) is 5.56 Å². The number of fused-ring (bicyclic) bond motifs is 1. The molecule has 0 aliphatic heterocycles. The van der Waals surface area contributed by atoms with Gasteiger partial charge < -0.3 is 4.98 Å². The SMILES string of the molecule is Cc1ccc2cc(CNS(=O)(=O)c3ccccc3)c(=O)[nH]c2c1. The molecule has 1 aromatic heterocycles. The average molecular weight is 328 g/mol. The average Bonchev–Trinajstić information content (AvgIpc) is 2.54. The van der Waals surface area contributed by atoms with Crippen LogP contribution in [0.15, 0.2) is 64.3 Å². The molecule has 0 unspecified atom stereocenters. The number of hydrogen-bond acceptors (Lipinski definition) is 3. The predicted octanol–water partition coefficient (Wildman–Crippen LogP) is 2.32. The lowest BCUT2D eigenvalue weighted by Gasteiger charge is -2.07. The maximum Gasteiger partial charge on any atom is 0.252 e.